The first-order valence-corrected chi connectivity index (χ1v) is 6.83. The van der Waals surface area contributed by atoms with Crippen molar-refractivity contribution in [2.24, 2.45) is 0 Å². The van der Waals surface area contributed by atoms with Gasteiger partial charge >= 0.3 is 5.97 Å². The van der Waals surface area contributed by atoms with E-state index in [1.54, 1.807) is 42.3 Å². The molecule has 0 saturated carbocycles. The largest absolute Gasteiger partial charge is 0.477 e. The zero-order valence-corrected chi connectivity index (χ0v) is 10.7. The van der Waals surface area contributed by atoms with Gasteiger partial charge in [0.25, 0.3) is 0 Å². The highest BCUT2D eigenvalue weighted by atomic mass is 32.2. The van der Waals surface area contributed by atoms with E-state index in [4.69, 9.17) is 4.42 Å². The summed E-state index contributed by atoms with van der Waals surface area (Å²) in [6.45, 7) is 0. The van der Waals surface area contributed by atoms with Crippen LogP contribution in [0.4, 0.5) is 0 Å². The summed E-state index contributed by atoms with van der Waals surface area (Å²) in [5.41, 5.74) is 0.737. The molecule has 6 heteroatoms. The van der Waals surface area contributed by atoms with Crippen LogP contribution in [0, 0.1) is 0 Å². The van der Waals surface area contributed by atoms with Crippen molar-refractivity contribution in [1.29, 1.82) is 0 Å². The second kappa shape index (κ2) is 4.62. The normalized spacial score (nSPS) is 22.6. The van der Waals surface area contributed by atoms with E-state index in [9.17, 15) is 14.7 Å². The third-order valence-corrected chi connectivity index (χ3v) is 4.32. The van der Waals surface area contributed by atoms with Crippen LogP contribution >= 0.6 is 11.8 Å². The number of hydrogen-bond donors (Lipinski definition) is 1. The van der Waals surface area contributed by atoms with Gasteiger partial charge < -0.3 is 9.52 Å². The van der Waals surface area contributed by atoms with Gasteiger partial charge in [-0.05, 0) is 23.8 Å². The number of allylic oxidation sites excluding steroid dienone is 1. The average Bonchev–Trinajstić information content (AvgIpc) is 2.88. The van der Waals surface area contributed by atoms with Crippen molar-refractivity contribution in [2.45, 2.75) is 11.8 Å². The maximum atomic E-state index is 11.5. The Morgan fingerprint density at radius 1 is 1.53 bits per heavy atom. The van der Waals surface area contributed by atoms with Crippen molar-refractivity contribution in [3.8, 4) is 0 Å². The molecule has 5 nitrogen and oxygen atoms in total. The second-order valence-electron chi connectivity index (χ2n) is 4.26. The molecular weight excluding hydrogens is 266 g/mol. The summed E-state index contributed by atoms with van der Waals surface area (Å²) in [5, 5.41) is 9.27. The number of nitrogens with zero attached hydrogens (tertiary/aromatic N) is 1. The molecule has 1 unspecified atom stereocenters. The van der Waals surface area contributed by atoms with Crippen LogP contribution in [0.2, 0.25) is 0 Å². The highest BCUT2D eigenvalue weighted by molar-refractivity contribution is 8.00. The van der Waals surface area contributed by atoms with Crippen molar-refractivity contribution in [3.63, 3.8) is 0 Å². The number of rotatable bonds is 3. The molecule has 0 radical (unpaired) electrons. The van der Waals surface area contributed by atoms with Gasteiger partial charge in [-0.15, -0.1) is 11.8 Å². The highest BCUT2D eigenvalue weighted by Gasteiger charge is 2.44. The topological polar surface area (TPSA) is 70.7 Å². The number of carboxylic acids is 1. The average molecular weight is 277 g/mol. The van der Waals surface area contributed by atoms with Crippen LogP contribution in [0.1, 0.15) is 12.2 Å². The van der Waals surface area contributed by atoms with E-state index in [0.717, 1.165) is 0 Å². The molecule has 98 valence electrons. The van der Waals surface area contributed by atoms with E-state index in [0.29, 0.717) is 23.5 Å². The van der Waals surface area contributed by atoms with Crippen molar-refractivity contribution in [3.05, 3.63) is 41.5 Å². The summed E-state index contributed by atoms with van der Waals surface area (Å²) in [5.74, 6) is 0.0584. The molecule has 1 N–H and O–H groups in total. The number of thioether (sulfide) groups is 1. The van der Waals surface area contributed by atoms with E-state index < -0.39 is 5.97 Å². The van der Waals surface area contributed by atoms with Gasteiger partial charge in [0, 0.05) is 5.75 Å². The first-order valence-electron chi connectivity index (χ1n) is 5.78. The summed E-state index contributed by atoms with van der Waals surface area (Å²) in [7, 11) is 0. The zero-order chi connectivity index (χ0) is 13.4. The molecule has 3 rings (SSSR count). The molecule has 1 fully saturated rings. The van der Waals surface area contributed by atoms with Crippen LogP contribution in [0.5, 0.6) is 0 Å². The van der Waals surface area contributed by atoms with Crippen molar-refractivity contribution >= 4 is 29.7 Å². The maximum absolute atomic E-state index is 11.5. The van der Waals surface area contributed by atoms with Gasteiger partial charge in [0.05, 0.1) is 18.1 Å². The smallest absolute Gasteiger partial charge is 0.352 e. The lowest BCUT2D eigenvalue weighted by atomic mass is 10.1. The molecule has 2 aliphatic heterocycles. The number of amides is 1. The minimum absolute atomic E-state index is 0.0145. The Morgan fingerprint density at radius 2 is 2.37 bits per heavy atom. The lowest BCUT2D eigenvalue weighted by Gasteiger charge is -2.43. The Morgan fingerprint density at radius 3 is 3.00 bits per heavy atom. The molecule has 0 aromatic carbocycles. The number of hydrogen-bond acceptors (Lipinski definition) is 4. The molecule has 0 aliphatic carbocycles. The van der Waals surface area contributed by atoms with E-state index in [2.05, 4.69) is 0 Å². The van der Waals surface area contributed by atoms with Gasteiger partial charge in [0.15, 0.2) is 0 Å². The van der Waals surface area contributed by atoms with Gasteiger partial charge in [-0.25, -0.2) is 4.79 Å². The number of β-lactam (4-membered cyclic amide) rings is 1. The fourth-order valence-corrected chi connectivity index (χ4v) is 3.37. The molecule has 3 heterocycles. The molecule has 1 atom stereocenters. The van der Waals surface area contributed by atoms with Crippen LogP contribution in [-0.4, -0.2) is 33.0 Å². The SMILES string of the molecule is O=C(O)C1=C(C=Cc2ccco2)CSC2CC(=O)N12. The quantitative estimate of drug-likeness (QED) is 0.855. The predicted octanol–water partition coefficient (Wildman–Crippen LogP) is 1.94. The van der Waals surface area contributed by atoms with Crippen LogP contribution in [0.25, 0.3) is 6.08 Å². The third-order valence-electron chi connectivity index (χ3n) is 3.08. The lowest BCUT2D eigenvalue weighted by molar-refractivity contribution is -0.146. The number of furan rings is 1. The number of carbonyl (C=O) groups excluding carboxylic acids is 1. The molecule has 1 saturated heterocycles. The fraction of sp³-hybridized carbons (Fsp3) is 0.231. The molecule has 2 aliphatic rings. The van der Waals surface area contributed by atoms with Crippen LogP contribution in [0.15, 0.2) is 40.2 Å². The van der Waals surface area contributed by atoms with Gasteiger partial charge in [0.1, 0.15) is 11.5 Å². The molecule has 1 amide bonds. The van der Waals surface area contributed by atoms with E-state index in [-0.39, 0.29) is 17.0 Å². The summed E-state index contributed by atoms with van der Waals surface area (Å²) in [6.07, 6.45) is 5.40. The van der Waals surface area contributed by atoms with E-state index in [1.807, 2.05) is 0 Å². The third kappa shape index (κ3) is 2.08. The van der Waals surface area contributed by atoms with Gasteiger partial charge in [-0.2, -0.15) is 0 Å². The monoisotopic (exact) mass is 277 g/mol. The molecule has 0 spiro atoms. The molecule has 1 aromatic heterocycles. The van der Waals surface area contributed by atoms with Crippen molar-refractivity contribution < 1.29 is 19.1 Å². The second-order valence-corrected chi connectivity index (χ2v) is 5.43. The summed E-state index contributed by atoms with van der Waals surface area (Å²) < 4.78 is 5.16. The summed E-state index contributed by atoms with van der Waals surface area (Å²) in [6, 6.07) is 3.54. The molecule has 19 heavy (non-hydrogen) atoms. The van der Waals surface area contributed by atoms with Crippen molar-refractivity contribution in [2.75, 3.05) is 5.75 Å². The molecule has 1 aromatic rings. The number of aliphatic carboxylic acids is 1. The van der Waals surface area contributed by atoms with E-state index in [1.165, 1.54) is 4.90 Å². The van der Waals surface area contributed by atoms with Crippen LogP contribution < -0.4 is 0 Å². The molecular formula is C13H11NO4S. The summed E-state index contributed by atoms with van der Waals surface area (Å²) >= 11 is 1.59. The number of carbonyl (C=O) groups is 2. The van der Waals surface area contributed by atoms with Crippen LogP contribution in [0.3, 0.4) is 0 Å². The minimum atomic E-state index is -1.06. The highest BCUT2D eigenvalue weighted by Crippen LogP contribution is 2.40. The van der Waals surface area contributed by atoms with Gasteiger partial charge in [-0.3, -0.25) is 9.69 Å². The number of carboxylic acid groups (broad SMARTS) is 1. The Balaban J connectivity index is 1.94. The van der Waals surface area contributed by atoms with Crippen molar-refractivity contribution in [1.82, 2.24) is 4.90 Å². The first-order chi connectivity index (χ1) is 9.16. The standard InChI is InChI=1S/C13H11NO4S/c15-10-6-11-14(10)12(13(16)17)8(7-19-11)3-4-9-2-1-5-18-9/h1-5,11H,6-7H2,(H,16,17). The number of fused-ring (bicyclic) bond motifs is 1. The maximum Gasteiger partial charge on any atom is 0.352 e. The minimum Gasteiger partial charge on any atom is -0.477 e. The Kier molecular flexibility index (Phi) is 2.94. The summed E-state index contributed by atoms with van der Waals surface area (Å²) in [4.78, 5) is 24.2. The zero-order valence-electron chi connectivity index (χ0n) is 9.91. The van der Waals surface area contributed by atoms with E-state index >= 15 is 0 Å². The predicted molar refractivity (Wildman–Crippen MR) is 70.1 cm³/mol. The Labute approximate surface area is 113 Å². The van der Waals surface area contributed by atoms with Gasteiger partial charge in [-0.1, -0.05) is 6.08 Å². The Bertz CT molecular complexity index is 588. The lowest BCUT2D eigenvalue weighted by Crippen LogP contribution is -2.53. The fourth-order valence-electron chi connectivity index (χ4n) is 2.13. The van der Waals surface area contributed by atoms with Gasteiger partial charge in [0.2, 0.25) is 5.91 Å². The Hall–Kier alpha value is -1.95. The van der Waals surface area contributed by atoms with Crippen LogP contribution in [-0.2, 0) is 9.59 Å². The molecule has 0 bridgehead atoms. The first kappa shape index (κ1) is 12.1.